The number of rotatable bonds is 1. The lowest BCUT2D eigenvalue weighted by atomic mass is 10.6. The lowest BCUT2D eigenvalue weighted by molar-refractivity contribution is 0.473. The van der Waals surface area contributed by atoms with Crippen LogP contribution in [-0.4, -0.2) is 4.98 Å². The SMILES string of the molecule is FCc1cocn1. The van der Waals surface area contributed by atoms with Gasteiger partial charge in [-0.3, -0.25) is 0 Å². The molecular weight excluding hydrogens is 97.0 g/mol. The van der Waals surface area contributed by atoms with Gasteiger partial charge in [-0.1, -0.05) is 0 Å². The molecule has 0 N–H and O–H groups in total. The minimum Gasteiger partial charge on any atom is -0.451 e. The van der Waals surface area contributed by atoms with Crippen molar-refractivity contribution in [2.24, 2.45) is 0 Å². The van der Waals surface area contributed by atoms with E-state index in [9.17, 15) is 4.39 Å². The molecule has 0 fully saturated rings. The molecule has 0 saturated heterocycles. The van der Waals surface area contributed by atoms with E-state index in [0.29, 0.717) is 5.69 Å². The van der Waals surface area contributed by atoms with Gasteiger partial charge in [-0.05, 0) is 0 Å². The first-order chi connectivity index (χ1) is 3.43. The largest absolute Gasteiger partial charge is 0.451 e. The summed E-state index contributed by atoms with van der Waals surface area (Å²) in [4.78, 5) is 3.49. The molecule has 38 valence electrons. The first-order valence-electron chi connectivity index (χ1n) is 1.86. The van der Waals surface area contributed by atoms with Gasteiger partial charge in [-0.2, -0.15) is 0 Å². The van der Waals surface area contributed by atoms with E-state index in [-0.39, 0.29) is 0 Å². The predicted molar refractivity (Wildman–Crippen MR) is 21.3 cm³/mol. The van der Waals surface area contributed by atoms with Crippen LogP contribution in [0.4, 0.5) is 4.39 Å². The van der Waals surface area contributed by atoms with Gasteiger partial charge in [0.1, 0.15) is 18.6 Å². The standard InChI is InChI=1S/C4H4FNO/c5-1-4-2-7-3-6-4/h2-3H,1H2. The minimum atomic E-state index is -0.545. The summed E-state index contributed by atoms with van der Waals surface area (Å²) in [7, 11) is 0. The number of alkyl halides is 1. The normalized spacial score (nSPS) is 9.29. The molecule has 0 aliphatic rings. The molecule has 0 unspecified atom stereocenters. The van der Waals surface area contributed by atoms with E-state index in [1.54, 1.807) is 0 Å². The topological polar surface area (TPSA) is 26.0 Å². The van der Waals surface area contributed by atoms with Crippen molar-refractivity contribution in [3.05, 3.63) is 18.4 Å². The van der Waals surface area contributed by atoms with Crippen LogP contribution in [0, 0.1) is 0 Å². The van der Waals surface area contributed by atoms with Crippen LogP contribution in [0.3, 0.4) is 0 Å². The quantitative estimate of drug-likeness (QED) is 0.530. The fourth-order valence-electron chi connectivity index (χ4n) is 0.304. The summed E-state index contributed by atoms with van der Waals surface area (Å²) in [5.74, 6) is 0. The Hall–Kier alpha value is -0.860. The summed E-state index contributed by atoms with van der Waals surface area (Å²) in [6.45, 7) is -0.545. The van der Waals surface area contributed by atoms with Gasteiger partial charge < -0.3 is 4.42 Å². The summed E-state index contributed by atoms with van der Waals surface area (Å²) in [6.07, 6.45) is 2.48. The first-order valence-corrected chi connectivity index (χ1v) is 1.86. The molecule has 0 spiro atoms. The highest BCUT2D eigenvalue weighted by Crippen LogP contribution is 1.93. The molecule has 0 atom stereocenters. The second-order valence-corrected chi connectivity index (χ2v) is 1.11. The van der Waals surface area contributed by atoms with E-state index in [0.717, 1.165) is 0 Å². The average molecular weight is 101 g/mol. The molecule has 0 amide bonds. The lowest BCUT2D eigenvalue weighted by Gasteiger charge is -1.72. The van der Waals surface area contributed by atoms with Crippen molar-refractivity contribution in [3.63, 3.8) is 0 Å². The van der Waals surface area contributed by atoms with Gasteiger partial charge in [0.05, 0.1) is 0 Å². The van der Waals surface area contributed by atoms with Crippen LogP contribution in [0.15, 0.2) is 17.1 Å². The molecule has 1 aromatic rings. The van der Waals surface area contributed by atoms with Gasteiger partial charge in [0.25, 0.3) is 0 Å². The zero-order valence-electron chi connectivity index (χ0n) is 3.60. The van der Waals surface area contributed by atoms with Crippen LogP contribution < -0.4 is 0 Å². The third-order valence-corrected chi connectivity index (χ3v) is 0.620. The average Bonchev–Trinajstić information content (AvgIpc) is 2.14. The molecule has 0 aromatic carbocycles. The monoisotopic (exact) mass is 101 g/mol. The Bertz CT molecular complexity index is 126. The Morgan fingerprint density at radius 3 is 3.00 bits per heavy atom. The maximum absolute atomic E-state index is 11.4. The number of hydrogen-bond acceptors (Lipinski definition) is 2. The highest BCUT2D eigenvalue weighted by atomic mass is 19.1. The Morgan fingerprint density at radius 2 is 2.71 bits per heavy atom. The summed E-state index contributed by atoms with van der Waals surface area (Å²) in [5.41, 5.74) is 0.347. The smallest absolute Gasteiger partial charge is 0.180 e. The van der Waals surface area contributed by atoms with E-state index in [2.05, 4.69) is 9.40 Å². The molecule has 0 radical (unpaired) electrons. The highest BCUT2D eigenvalue weighted by Gasteiger charge is 1.88. The molecule has 0 bridgehead atoms. The number of hydrogen-bond donors (Lipinski definition) is 0. The summed E-state index contributed by atoms with van der Waals surface area (Å²) >= 11 is 0. The Balaban J connectivity index is 2.76. The van der Waals surface area contributed by atoms with E-state index in [4.69, 9.17) is 0 Å². The van der Waals surface area contributed by atoms with E-state index >= 15 is 0 Å². The third-order valence-electron chi connectivity index (χ3n) is 0.620. The van der Waals surface area contributed by atoms with Crippen LogP contribution in [0.1, 0.15) is 5.69 Å². The summed E-state index contributed by atoms with van der Waals surface area (Å²) < 4.78 is 15.9. The van der Waals surface area contributed by atoms with Crippen molar-refractivity contribution in [2.45, 2.75) is 6.67 Å². The van der Waals surface area contributed by atoms with Gasteiger partial charge in [-0.25, -0.2) is 9.37 Å². The number of halogens is 1. The number of oxazole rings is 1. The minimum absolute atomic E-state index is 0.347. The lowest BCUT2D eigenvalue weighted by Crippen LogP contribution is -1.71. The molecule has 3 heteroatoms. The maximum Gasteiger partial charge on any atom is 0.180 e. The van der Waals surface area contributed by atoms with Crippen LogP contribution in [-0.2, 0) is 6.67 Å². The van der Waals surface area contributed by atoms with Gasteiger partial charge in [0.2, 0.25) is 0 Å². The molecule has 0 aliphatic heterocycles. The van der Waals surface area contributed by atoms with Crippen molar-refractivity contribution >= 4 is 0 Å². The zero-order chi connectivity index (χ0) is 5.11. The van der Waals surface area contributed by atoms with Gasteiger partial charge in [0, 0.05) is 0 Å². The van der Waals surface area contributed by atoms with Crippen LogP contribution >= 0.6 is 0 Å². The van der Waals surface area contributed by atoms with E-state index < -0.39 is 6.67 Å². The Morgan fingerprint density at radius 1 is 1.86 bits per heavy atom. The molecule has 2 nitrogen and oxygen atoms in total. The zero-order valence-corrected chi connectivity index (χ0v) is 3.60. The van der Waals surface area contributed by atoms with Crippen LogP contribution in [0.25, 0.3) is 0 Å². The predicted octanol–water partition coefficient (Wildman–Crippen LogP) is 1.14. The van der Waals surface area contributed by atoms with Crippen molar-refractivity contribution in [3.8, 4) is 0 Å². The fourth-order valence-corrected chi connectivity index (χ4v) is 0.304. The van der Waals surface area contributed by atoms with Gasteiger partial charge in [-0.15, -0.1) is 0 Å². The molecular formula is C4H4FNO. The van der Waals surface area contributed by atoms with Crippen LogP contribution in [0.5, 0.6) is 0 Å². The van der Waals surface area contributed by atoms with Crippen molar-refractivity contribution < 1.29 is 8.81 Å². The molecule has 1 aromatic heterocycles. The molecule has 1 rings (SSSR count). The summed E-state index contributed by atoms with van der Waals surface area (Å²) in [5, 5.41) is 0. The number of nitrogens with zero attached hydrogens (tertiary/aromatic N) is 1. The number of aromatic nitrogens is 1. The van der Waals surface area contributed by atoms with E-state index in [1.807, 2.05) is 0 Å². The van der Waals surface area contributed by atoms with Gasteiger partial charge in [0.15, 0.2) is 6.39 Å². The summed E-state index contributed by atoms with van der Waals surface area (Å²) in [6, 6.07) is 0. The van der Waals surface area contributed by atoms with Gasteiger partial charge >= 0.3 is 0 Å². The third kappa shape index (κ3) is 0.765. The Labute approximate surface area is 40.0 Å². The molecule has 0 saturated carbocycles. The fraction of sp³-hybridized carbons (Fsp3) is 0.250. The first kappa shape index (κ1) is 4.30. The van der Waals surface area contributed by atoms with Crippen molar-refractivity contribution in [1.82, 2.24) is 4.98 Å². The Kier molecular flexibility index (Phi) is 1.06. The highest BCUT2D eigenvalue weighted by molar-refractivity contribution is 4.86. The molecule has 1 heterocycles. The second kappa shape index (κ2) is 1.73. The molecule has 0 aliphatic carbocycles. The van der Waals surface area contributed by atoms with E-state index in [1.165, 1.54) is 12.7 Å². The molecule has 7 heavy (non-hydrogen) atoms. The van der Waals surface area contributed by atoms with Crippen LogP contribution in [0.2, 0.25) is 0 Å². The second-order valence-electron chi connectivity index (χ2n) is 1.11. The van der Waals surface area contributed by atoms with Crippen molar-refractivity contribution in [2.75, 3.05) is 0 Å². The maximum atomic E-state index is 11.4. The van der Waals surface area contributed by atoms with Crippen molar-refractivity contribution in [1.29, 1.82) is 0 Å².